The molecule has 2 nitrogen and oxygen atoms in total. The maximum Gasteiger partial charge on any atom is 0.151 e. The van der Waals surface area contributed by atoms with Gasteiger partial charge in [-0.25, -0.2) is 0 Å². The number of hydrogen-bond donors (Lipinski definition) is 1. The maximum atomic E-state index is 11.6. The molecule has 0 heterocycles. The number of benzene rings is 3. The summed E-state index contributed by atoms with van der Waals surface area (Å²) in [6.07, 6.45) is 0.851. The zero-order valence-electron chi connectivity index (χ0n) is 11.4. The third-order valence-corrected chi connectivity index (χ3v) is 3.45. The molecule has 0 fully saturated rings. The molecule has 0 saturated heterocycles. The number of aromatic hydroxyl groups is 1. The fraction of sp³-hybridized carbons (Fsp3) is 0. The van der Waals surface area contributed by atoms with Gasteiger partial charge in [0.05, 0.1) is 0 Å². The molecule has 0 aliphatic carbocycles. The Morgan fingerprint density at radius 2 is 1.14 bits per heavy atom. The second-order valence-corrected chi connectivity index (χ2v) is 4.80. The first kappa shape index (κ1) is 13.1. The molecule has 2 heteroatoms. The van der Waals surface area contributed by atoms with Crippen LogP contribution in [0.3, 0.4) is 0 Å². The first-order valence-electron chi connectivity index (χ1n) is 6.72. The van der Waals surface area contributed by atoms with E-state index in [-0.39, 0.29) is 5.75 Å². The van der Waals surface area contributed by atoms with Crippen LogP contribution in [0.5, 0.6) is 5.75 Å². The molecule has 0 spiro atoms. The highest BCUT2D eigenvalue weighted by atomic mass is 16.3. The Morgan fingerprint density at radius 3 is 1.52 bits per heavy atom. The summed E-state index contributed by atoms with van der Waals surface area (Å²) in [7, 11) is 0. The van der Waals surface area contributed by atoms with Crippen molar-refractivity contribution in [1.29, 1.82) is 0 Å². The van der Waals surface area contributed by atoms with Crippen molar-refractivity contribution in [2.75, 3.05) is 0 Å². The second-order valence-electron chi connectivity index (χ2n) is 4.80. The third kappa shape index (κ3) is 2.56. The average molecular weight is 274 g/mol. The Bertz CT molecular complexity index is 702. The summed E-state index contributed by atoms with van der Waals surface area (Å²) in [5.74, 6) is 0.151. The lowest BCUT2D eigenvalue weighted by Gasteiger charge is -2.12. The van der Waals surface area contributed by atoms with Crippen molar-refractivity contribution in [2.45, 2.75) is 0 Å². The Kier molecular flexibility index (Phi) is 3.52. The van der Waals surface area contributed by atoms with Crippen LogP contribution in [0.1, 0.15) is 10.4 Å². The van der Waals surface area contributed by atoms with Gasteiger partial charge >= 0.3 is 0 Å². The van der Waals surface area contributed by atoms with Gasteiger partial charge < -0.3 is 5.11 Å². The van der Waals surface area contributed by atoms with Crippen molar-refractivity contribution in [3.8, 4) is 28.0 Å². The van der Waals surface area contributed by atoms with Gasteiger partial charge in [0.1, 0.15) is 5.75 Å². The number of phenols is 1. The monoisotopic (exact) mass is 274 g/mol. The van der Waals surface area contributed by atoms with Gasteiger partial charge in [0.15, 0.2) is 6.29 Å². The lowest BCUT2D eigenvalue weighted by atomic mass is 9.92. The van der Waals surface area contributed by atoms with Crippen LogP contribution in [0.4, 0.5) is 0 Å². The summed E-state index contributed by atoms with van der Waals surface area (Å²) in [4.78, 5) is 11.6. The molecule has 3 rings (SSSR count). The zero-order valence-corrected chi connectivity index (χ0v) is 11.4. The van der Waals surface area contributed by atoms with Gasteiger partial charge in [0, 0.05) is 5.56 Å². The molecule has 3 aromatic rings. The van der Waals surface area contributed by atoms with Crippen LogP contribution < -0.4 is 0 Å². The van der Waals surface area contributed by atoms with Crippen LogP contribution in [0.2, 0.25) is 0 Å². The molecule has 0 bridgehead atoms. The van der Waals surface area contributed by atoms with Crippen molar-refractivity contribution in [3.63, 3.8) is 0 Å². The molecular formula is C19H14O2. The van der Waals surface area contributed by atoms with E-state index in [0.717, 1.165) is 28.5 Å². The van der Waals surface area contributed by atoms with Crippen LogP contribution in [0.15, 0.2) is 72.8 Å². The van der Waals surface area contributed by atoms with Crippen molar-refractivity contribution in [1.82, 2.24) is 0 Å². The molecule has 0 radical (unpaired) electrons. The molecule has 0 amide bonds. The zero-order chi connectivity index (χ0) is 14.7. The summed E-state index contributed by atoms with van der Waals surface area (Å²) in [6.45, 7) is 0. The molecular weight excluding hydrogens is 260 g/mol. The molecule has 0 aromatic heterocycles. The van der Waals surface area contributed by atoms with Crippen molar-refractivity contribution in [2.24, 2.45) is 0 Å². The lowest BCUT2D eigenvalue weighted by molar-refractivity contribution is 0.112. The number of carbonyl (C=O) groups excluding carboxylic acids is 1. The first-order chi connectivity index (χ1) is 10.3. The van der Waals surface area contributed by atoms with E-state index in [1.807, 2.05) is 60.7 Å². The predicted molar refractivity (Wildman–Crippen MR) is 84.4 cm³/mol. The van der Waals surface area contributed by atoms with E-state index >= 15 is 0 Å². The molecule has 21 heavy (non-hydrogen) atoms. The molecule has 1 N–H and O–H groups in total. The Hall–Kier alpha value is -2.87. The van der Waals surface area contributed by atoms with Crippen LogP contribution in [0.25, 0.3) is 22.3 Å². The highest BCUT2D eigenvalue weighted by Gasteiger charge is 2.13. The van der Waals surface area contributed by atoms with Gasteiger partial charge in [-0.05, 0) is 34.4 Å². The van der Waals surface area contributed by atoms with Gasteiger partial charge in [0.2, 0.25) is 0 Å². The van der Waals surface area contributed by atoms with Gasteiger partial charge in [-0.2, -0.15) is 0 Å². The minimum absolute atomic E-state index is 0.151. The van der Waals surface area contributed by atoms with Crippen LogP contribution in [-0.4, -0.2) is 11.4 Å². The fourth-order valence-corrected chi connectivity index (χ4v) is 2.48. The van der Waals surface area contributed by atoms with Crippen LogP contribution >= 0.6 is 0 Å². The maximum absolute atomic E-state index is 11.6. The standard InChI is InChI=1S/C19H14O2/c20-13-19-17(14-7-3-1-4-8-14)11-16(21)12-18(19)15-9-5-2-6-10-15/h1-13,21H. The van der Waals surface area contributed by atoms with E-state index < -0.39 is 0 Å². The fourth-order valence-electron chi connectivity index (χ4n) is 2.48. The smallest absolute Gasteiger partial charge is 0.151 e. The highest BCUT2D eigenvalue weighted by molar-refractivity contribution is 5.97. The van der Waals surface area contributed by atoms with E-state index in [0.29, 0.717) is 5.56 Å². The molecule has 0 unspecified atom stereocenters. The van der Waals surface area contributed by atoms with Gasteiger partial charge in [-0.3, -0.25) is 4.79 Å². The van der Waals surface area contributed by atoms with Gasteiger partial charge in [0.25, 0.3) is 0 Å². The van der Waals surface area contributed by atoms with Crippen LogP contribution in [0, 0.1) is 0 Å². The summed E-state index contributed by atoms with van der Waals surface area (Å²) in [5, 5.41) is 10.0. The quantitative estimate of drug-likeness (QED) is 0.712. The number of aldehydes is 1. The van der Waals surface area contributed by atoms with E-state index in [2.05, 4.69) is 0 Å². The van der Waals surface area contributed by atoms with E-state index in [1.165, 1.54) is 0 Å². The molecule has 0 atom stereocenters. The van der Waals surface area contributed by atoms with Crippen molar-refractivity contribution in [3.05, 3.63) is 78.4 Å². The topological polar surface area (TPSA) is 37.3 Å². The largest absolute Gasteiger partial charge is 0.508 e. The molecule has 3 aromatic carbocycles. The first-order valence-corrected chi connectivity index (χ1v) is 6.72. The normalized spacial score (nSPS) is 10.3. The minimum atomic E-state index is 0.151. The van der Waals surface area contributed by atoms with E-state index in [9.17, 15) is 9.90 Å². The molecule has 0 aliphatic heterocycles. The molecule has 0 saturated carbocycles. The summed E-state index contributed by atoms with van der Waals surface area (Å²) in [6, 6.07) is 22.5. The SMILES string of the molecule is O=Cc1c(-c2ccccc2)cc(O)cc1-c1ccccc1. The lowest BCUT2D eigenvalue weighted by Crippen LogP contribution is -1.93. The summed E-state index contributed by atoms with van der Waals surface area (Å²) >= 11 is 0. The van der Waals surface area contributed by atoms with Gasteiger partial charge in [-0.15, -0.1) is 0 Å². The minimum Gasteiger partial charge on any atom is -0.508 e. The summed E-state index contributed by atoms with van der Waals surface area (Å²) in [5.41, 5.74) is 3.89. The Labute approximate surface area is 123 Å². The van der Waals surface area contributed by atoms with Crippen molar-refractivity contribution < 1.29 is 9.90 Å². The third-order valence-electron chi connectivity index (χ3n) is 3.45. The molecule has 102 valence electrons. The van der Waals surface area contributed by atoms with Gasteiger partial charge in [-0.1, -0.05) is 60.7 Å². The molecule has 0 aliphatic rings. The van der Waals surface area contributed by atoms with Crippen molar-refractivity contribution >= 4 is 6.29 Å². The van der Waals surface area contributed by atoms with E-state index in [4.69, 9.17) is 0 Å². The number of carbonyl (C=O) groups is 1. The number of rotatable bonds is 3. The highest BCUT2D eigenvalue weighted by Crippen LogP contribution is 2.34. The second kappa shape index (κ2) is 5.63. The predicted octanol–water partition coefficient (Wildman–Crippen LogP) is 4.54. The van der Waals surface area contributed by atoms with Crippen LogP contribution in [-0.2, 0) is 0 Å². The summed E-state index contributed by atoms with van der Waals surface area (Å²) < 4.78 is 0. The average Bonchev–Trinajstić information content (AvgIpc) is 2.55. The number of hydrogen-bond acceptors (Lipinski definition) is 2. The number of phenolic OH excluding ortho intramolecular Hbond substituents is 1. The van der Waals surface area contributed by atoms with E-state index in [1.54, 1.807) is 12.1 Å². The Morgan fingerprint density at radius 1 is 0.714 bits per heavy atom. The Balaban J connectivity index is 2.28.